The van der Waals surface area contributed by atoms with Gasteiger partial charge in [0.15, 0.2) is 12.1 Å². The largest absolute Gasteiger partial charge is 0.387 e. The van der Waals surface area contributed by atoms with Crippen LogP contribution in [0.2, 0.25) is 0 Å². The van der Waals surface area contributed by atoms with E-state index in [1.165, 1.54) is 12.3 Å². The first-order valence-corrected chi connectivity index (χ1v) is 10.3. The number of aliphatic hydroxyl groups excluding tert-OH is 2. The maximum absolute atomic E-state index is 11.8. The molecule has 1 unspecified atom stereocenters. The Hall–Kier alpha value is -1.14. The number of nitrogens with zero attached hydrogens (tertiary/aromatic N) is 2. The molecule has 0 aromatic carbocycles. The predicted molar refractivity (Wildman–Crippen MR) is 81.5 cm³/mol. The number of aliphatic hydroxyl groups is 2. The summed E-state index contributed by atoms with van der Waals surface area (Å²) in [5.74, 6) is -1.47. The Labute approximate surface area is 140 Å². The van der Waals surface area contributed by atoms with Gasteiger partial charge in [-0.3, -0.25) is 13.7 Å². The second-order valence-corrected chi connectivity index (χ2v) is 9.32. The Morgan fingerprint density at radius 3 is 2.48 bits per heavy atom. The van der Waals surface area contributed by atoms with E-state index in [0.29, 0.717) is 0 Å². The van der Waals surface area contributed by atoms with Crippen molar-refractivity contribution in [3.63, 3.8) is 0 Å². The minimum absolute atomic E-state index is 0.0622. The van der Waals surface area contributed by atoms with Crippen LogP contribution in [-0.4, -0.2) is 65.3 Å². The van der Waals surface area contributed by atoms with E-state index in [1.807, 2.05) is 0 Å². The van der Waals surface area contributed by atoms with Crippen LogP contribution in [-0.2, 0) is 18.4 Å². The third-order valence-corrected chi connectivity index (χ3v) is 6.72. The first-order chi connectivity index (χ1) is 11.4. The monoisotopic (exact) mass is 401 g/mol. The Balaban J connectivity index is 2.08. The summed E-state index contributed by atoms with van der Waals surface area (Å²) in [6.45, 7) is -0.750. The molecule has 13 nitrogen and oxygen atoms in total. The van der Waals surface area contributed by atoms with E-state index < -0.39 is 57.9 Å². The molecule has 1 aromatic heterocycles. The minimum Gasteiger partial charge on any atom is -0.387 e. The highest BCUT2D eigenvalue weighted by Crippen LogP contribution is 2.55. The quantitative estimate of drug-likeness (QED) is 0.280. The van der Waals surface area contributed by atoms with Crippen molar-refractivity contribution >= 4 is 21.0 Å². The summed E-state index contributed by atoms with van der Waals surface area (Å²) in [5, 5.41) is 19.9. The molecule has 1 aliphatic heterocycles. The van der Waals surface area contributed by atoms with Crippen molar-refractivity contribution in [3.8, 4) is 0 Å². The van der Waals surface area contributed by atoms with Crippen molar-refractivity contribution in [2.45, 2.75) is 24.5 Å². The molecule has 1 aliphatic rings. The summed E-state index contributed by atoms with van der Waals surface area (Å²) in [5.41, 5.74) is 4.49. The molecule has 5 atom stereocenters. The van der Waals surface area contributed by atoms with Crippen LogP contribution in [0.1, 0.15) is 6.23 Å². The Kier molecular flexibility index (Phi) is 5.84. The topological polar surface area (TPSA) is 215 Å². The maximum atomic E-state index is 11.8. The molecule has 15 heteroatoms. The van der Waals surface area contributed by atoms with E-state index in [1.54, 1.807) is 0 Å². The lowest BCUT2D eigenvalue weighted by Crippen LogP contribution is -2.36. The molecule has 2 heterocycles. The van der Waals surface area contributed by atoms with Crippen molar-refractivity contribution in [2.75, 3.05) is 18.2 Å². The number of ether oxygens (including phenoxy) is 1. The highest BCUT2D eigenvalue weighted by atomic mass is 31.2. The second kappa shape index (κ2) is 7.23. The normalized spacial score (nSPS) is 29.5. The fourth-order valence-corrected chi connectivity index (χ4v) is 4.75. The number of hydrogen-bond acceptors (Lipinski definition) is 9. The molecule has 0 saturated carbocycles. The standard InChI is InChI=1S/C10H17N3O10P2/c11-6-1-2-13(10(16)12-6)9-8(15)7(14)5(23-9)3-22-25(20,21)4-24(17,18)19/h1-2,5,7-9,14-15H,3-4H2,(H,20,21)(H2,11,12,16)(H2,17,18,19)/t5-,7-,8-,9-/m1/s1. The molecule has 0 spiro atoms. The first-order valence-electron chi connectivity index (χ1n) is 6.77. The van der Waals surface area contributed by atoms with Gasteiger partial charge in [-0.2, -0.15) is 4.98 Å². The van der Waals surface area contributed by atoms with Gasteiger partial charge < -0.3 is 39.9 Å². The van der Waals surface area contributed by atoms with Crippen molar-refractivity contribution < 1.29 is 43.3 Å². The predicted octanol–water partition coefficient (Wildman–Crippen LogP) is -2.22. The molecular formula is C10H17N3O10P2. The summed E-state index contributed by atoms with van der Waals surface area (Å²) in [6, 6.07) is 1.26. The summed E-state index contributed by atoms with van der Waals surface area (Å²) in [6.07, 6.45) is -4.69. The zero-order valence-corrected chi connectivity index (χ0v) is 14.3. The van der Waals surface area contributed by atoms with Gasteiger partial charge in [0, 0.05) is 6.20 Å². The second-order valence-electron chi connectivity index (χ2n) is 5.33. The van der Waals surface area contributed by atoms with Crippen LogP contribution in [0.15, 0.2) is 17.1 Å². The third-order valence-electron chi connectivity index (χ3n) is 3.27. The zero-order valence-electron chi connectivity index (χ0n) is 12.5. The van der Waals surface area contributed by atoms with Gasteiger partial charge in [0.1, 0.15) is 24.1 Å². The summed E-state index contributed by atoms with van der Waals surface area (Å²) in [7, 11) is -9.46. The van der Waals surface area contributed by atoms with Crippen LogP contribution in [0, 0.1) is 0 Å². The number of anilines is 1. The molecule has 0 amide bonds. The van der Waals surface area contributed by atoms with E-state index in [-0.39, 0.29) is 5.82 Å². The van der Waals surface area contributed by atoms with Crippen LogP contribution in [0.5, 0.6) is 0 Å². The molecule has 0 bridgehead atoms. The highest BCUT2D eigenvalue weighted by molar-refractivity contribution is 7.70. The van der Waals surface area contributed by atoms with E-state index in [9.17, 15) is 29.0 Å². The van der Waals surface area contributed by atoms with Crippen LogP contribution < -0.4 is 11.4 Å². The molecular weight excluding hydrogens is 384 g/mol. The molecule has 0 aliphatic carbocycles. The smallest absolute Gasteiger partial charge is 0.351 e. The lowest BCUT2D eigenvalue weighted by Gasteiger charge is -2.18. The van der Waals surface area contributed by atoms with Crippen LogP contribution in [0.3, 0.4) is 0 Å². The van der Waals surface area contributed by atoms with Crippen LogP contribution >= 0.6 is 15.2 Å². The average molecular weight is 401 g/mol. The molecule has 1 saturated heterocycles. The van der Waals surface area contributed by atoms with Crippen molar-refractivity contribution in [3.05, 3.63) is 22.7 Å². The van der Waals surface area contributed by atoms with Crippen molar-refractivity contribution in [1.29, 1.82) is 0 Å². The summed E-state index contributed by atoms with van der Waals surface area (Å²) < 4.78 is 33.0. The number of rotatable bonds is 6. The molecule has 7 N–H and O–H groups in total. The molecule has 2 rings (SSSR count). The Morgan fingerprint density at radius 2 is 1.92 bits per heavy atom. The lowest BCUT2D eigenvalue weighted by molar-refractivity contribution is -0.0523. The minimum atomic E-state index is -4.80. The average Bonchev–Trinajstić information content (AvgIpc) is 2.71. The lowest BCUT2D eigenvalue weighted by atomic mass is 10.1. The van der Waals surface area contributed by atoms with E-state index >= 15 is 0 Å². The third kappa shape index (κ3) is 5.17. The van der Waals surface area contributed by atoms with Gasteiger partial charge >= 0.3 is 20.9 Å². The summed E-state index contributed by atoms with van der Waals surface area (Å²) in [4.78, 5) is 42.0. The molecule has 142 valence electrons. The van der Waals surface area contributed by atoms with Crippen molar-refractivity contribution in [2.24, 2.45) is 0 Å². The van der Waals surface area contributed by atoms with Gasteiger partial charge in [0.25, 0.3) is 0 Å². The maximum Gasteiger partial charge on any atom is 0.351 e. The van der Waals surface area contributed by atoms with Gasteiger partial charge in [-0.05, 0) is 6.07 Å². The van der Waals surface area contributed by atoms with E-state index in [4.69, 9.17) is 20.3 Å². The zero-order chi connectivity index (χ0) is 19.0. The first kappa shape index (κ1) is 20.2. The number of aromatic nitrogens is 2. The van der Waals surface area contributed by atoms with Gasteiger partial charge in [-0.25, -0.2) is 4.79 Å². The molecule has 1 fully saturated rings. The van der Waals surface area contributed by atoms with Gasteiger partial charge in [-0.15, -0.1) is 0 Å². The van der Waals surface area contributed by atoms with Crippen LogP contribution in [0.4, 0.5) is 5.82 Å². The number of hydrogen-bond donors (Lipinski definition) is 6. The molecule has 0 radical (unpaired) electrons. The SMILES string of the molecule is Nc1ccn([C@@H]2O[C@H](COP(=O)(O)CP(=O)(O)O)[C@@H](O)[C@H]2O)c(=O)n1. The molecule has 1 aromatic rings. The van der Waals surface area contributed by atoms with E-state index in [0.717, 1.165) is 4.57 Å². The van der Waals surface area contributed by atoms with Crippen molar-refractivity contribution in [1.82, 2.24) is 9.55 Å². The number of nitrogen functional groups attached to an aromatic ring is 1. The Morgan fingerprint density at radius 1 is 1.28 bits per heavy atom. The van der Waals surface area contributed by atoms with Crippen LogP contribution in [0.25, 0.3) is 0 Å². The fourth-order valence-electron chi connectivity index (χ4n) is 2.18. The van der Waals surface area contributed by atoms with E-state index in [2.05, 4.69) is 9.51 Å². The Bertz CT molecular complexity index is 778. The highest BCUT2D eigenvalue weighted by Gasteiger charge is 2.45. The summed E-state index contributed by atoms with van der Waals surface area (Å²) >= 11 is 0. The number of nitrogens with two attached hydrogens (primary N) is 1. The van der Waals surface area contributed by atoms with Gasteiger partial charge in [0.05, 0.1) is 6.61 Å². The fraction of sp³-hybridized carbons (Fsp3) is 0.600. The van der Waals surface area contributed by atoms with Gasteiger partial charge in [-0.1, -0.05) is 0 Å². The molecule has 25 heavy (non-hydrogen) atoms. The van der Waals surface area contributed by atoms with Gasteiger partial charge in [0.2, 0.25) is 0 Å².